The zero-order valence-electron chi connectivity index (χ0n) is 13.2. The molecule has 6 heteroatoms. The van der Waals surface area contributed by atoms with E-state index in [1.807, 2.05) is 0 Å². The summed E-state index contributed by atoms with van der Waals surface area (Å²) in [7, 11) is 3.07. The highest BCUT2D eigenvalue weighted by molar-refractivity contribution is 6.06. The highest BCUT2D eigenvalue weighted by atomic mass is 16.5. The van der Waals surface area contributed by atoms with Crippen LogP contribution in [-0.2, 0) is 4.79 Å². The van der Waals surface area contributed by atoms with Gasteiger partial charge in [0.1, 0.15) is 11.5 Å². The number of methoxy groups -OCH3 is 2. The zero-order chi connectivity index (χ0) is 16.8. The number of ether oxygens (including phenoxy) is 2. The third-order valence-electron chi connectivity index (χ3n) is 3.10. The minimum Gasteiger partial charge on any atom is -0.497 e. The molecule has 0 spiro atoms. The van der Waals surface area contributed by atoms with Gasteiger partial charge in [-0.2, -0.15) is 0 Å². The molecule has 0 heterocycles. The summed E-state index contributed by atoms with van der Waals surface area (Å²) in [5, 5.41) is 5.42. The van der Waals surface area contributed by atoms with Crippen LogP contribution >= 0.6 is 0 Å². The van der Waals surface area contributed by atoms with Crippen molar-refractivity contribution in [2.75, 3.05) is 24.9 Å². The van der Waals surface area contributed by atoms with Crippen LogP contribution in [0.15, 0.2) is 42.5 Å². The SMILES string of the molecule is COc1ccc(OC)c(NC(=O)c2cccc(NC(C)=O)c2)c1. The van der Waals surface area contributed by atoms with Crippen LogP contribution in [0.25, 0.3) is 0 Å². The predicted octanol–water partition coefficient (Wildman–Crippen LogP) is 2.91. The van der Waals surface area contributed by atoms with Crippen molar-refractivity contribution in [1.29, 1.82) is 0 Å². The minimum atomic E-state index is -0.316. The lowest BCUT2D eigenvalue weighted by atomic mass is 10.1. The van der Waals surface area contributed by atoms with Crippen molar-refractivity contribution < 1.29 is 19.1 Å². The van der Waals surface area contributed by atoms with Crippen molar-refractivity contribution >= 4 is 23.2 Å². The first-order valence-corrected chi connectivity index (χ1v) is 6.94. The van der Waals surface area contributed by atoms with Crippen molar-refractivity contribution in [3.63, 3.8) is 0 Å². The van der Waals surface area contributed by atoms with E-state index < -0.39 is 0 Å². The monoisotopic (exact) mass is 314 g/mol. The molecule has 0 aliphatic rings. The van der Waals surface area contributed by atoms with E-state index in [-0.39, 0.29) is 11.8 Å². The standard InChI is InChI=1S/C17H18N2O4/c1-11(20)18-13-6-4-5-12(9-13)17(21)19-15-10-14(22-2)7-8-16(15)23-3/h4-10H,1-3H3,(H,18,20)(H,19,21). The Labute approximate surface area is 134 Å². The van der Waals surface area contributed by atoms with Crippen LogP contribution in [0.2, 0.25) is 0 Å². The topological polar surface area (TPSA) is 76.7 Å². The average Bonchev–Trinajstić information content (AvgIpc) is 2.54. The Kier molecular flexibility index (Phi) is 5.19. The van der Waals surface area contributed by atoms with Gasteiger partial charge in [-0.1, -0.05) is 6.07 Å². The first kappa shape index (κ1) is 16.4. The average molecular weight is 314 g/mol. The molecule has 23 heavy (non-hydrogen) atoms. The molecule has 0 radical (unpaired) electrons. The maximum Gasteiger partial charge on any atom is 0.255 e. The molecule has 0 saturated heterocycles. The Morgan fingerprint density at radius 1 is 0.957 bits per heavy atom. The van der Waals surface area contributed by atoms with Crippen molar-refractivity contribution in [3.05, 3.63) is 48.0 Å². The van der Waals surface area contributed by atoms with Gasteiger partial charge in [-0.3, -0.25) is 9.59 Å². The van der Waals surface area contributed by atoms with Gasteiger partial charge >= 0.3 is 0 Å². The third-order valence-corrected chi connectivity index (χ3v) is 3.10. The van der Waals surface area contributed by atoms with Gasteiger partial charge in [0, 0.05) is 24.2 Å². The molecule has 0 fully saturated rings. The molecule has 0 aliphatic heterocycles. The van der Waals surface area contributed by atoms with Crippen molar-refractivity contribution in [3.8, 4) is 11.5 Å². The molecule has 0 saturated carbocycles. The second kappa shape index (κ2) is 7.31. The van der Waals surface area contributed by atoms with Gasteiger partial charge in [0.05, 0.1) is 19.9 Å². The van der Waals surface area contributed by atoms with Gasteiger partial charge in [-0.15, -0.1) is 0 Å². The lowest BCUT2D eigenvalue weighted by Gasteiger charge is -2.12. The first-order chi connectivity index (χ1) is 11.0. The molecule has 6 nitrogen and oxygen atoms in total. The molecular weight excluding hydrogens is 296 g/mol. The molecule has 0 atom stereocenters. The van der Waals surface area contributed by atoms with E-state index in [1.54, 1.807) is 49.6 Å². The molecule has 2 N–H and O–H groups in total. The number of anilines is 2. The second-order valence-corrected chi connectivity index (χ2v) is 4.78. The summed E-state index contributed by atoms with van der Waals surface area (Å²) in [4.78, 5) is 23.5. The van der Waals surface area contributed by atoms with Gasteiger partial charge in [-0.25, -0.2) is 0 Å². The molecule has 120 valence electrons. The fourth-order valence-electron chi connectivity index (χ4n) is 2.05. The maximum absolute atomic E-state index is 12.4. The maximum atomic E-state index is 12.4. The Balaban J connectivity index is 2.23. The van der Waals surface area contributed by atoms with Crippen LogP contribution in [0.1, 0.15) is 17.3 Å². The number of rotatable bonds is 5. The van der Waals surface area contributed by atoms with Crippen molar-refractivity contribution in [2.45, 2.75) is 6.92 Å². The molecule has 2 amide bonds. The van der Waals surface area contributed by atoms with E-state index in [9.17, 15) is 9.59 Å². The number of benzene rings is 2. The molecule has 0 unspecified atom stereocenters. The molecule has 0 bridgehead atoms. The summed E-state index contributed by atoms with van der Waals surface area (Å²) in [6, 6.07) is 11.8. The molecule has 0 aliphatic carbocycles. The van der Waals surface area contributed by atoms with Gasteiger partial charge < -0.3 is 20.1 Å². The number of hydrogen-bond donors (Lipinski definition) is 2. The molecule has 2 aromatic rings. The number of nitrogens with one attached hydrogen (secondary N) is 2. The highest BCUT2D eigenvalue weighted by Crippen LogP contribution is 2.29. The molecule has 2 rings (SSSR count). The molecule has 0 aromatic heterocycles. The Morgan fingerprint density at radius 2 is 1.74 bits per heavy atom. The van der Waals surface area contributed by atoms with E-state index in [2.05, 4.69) is 10.6 Å². The van der Waals surface area contributed by atoms with Crippen LogP contribution < -0.4 is 20.1 Å². The third kappa shape index (κ3) is 4.23. The Hall–Kier alpha value is -3.02. The largest absolute Gasteiger partial charge is 0.497 e. The van der Waals surface area contributed by atoms with Crippen LogP contribution in [0.3, 0.4) is 0 Å². The van der Waals surface area contributed by atoms with E-state index in [0.717, 1.165) is 0 Å². The molecular formula is C17H18N2O4. The minimum absolute atomic E-state index is 0.197. The summed E-state index contributed by atoms with van der Waals surface area (Å²) >= 11 is 0. The summed E-state index contributed by atoms with van der Waals surface area (Å²) in [6.07, 6.45) is 0. The van der Waals surface area contributed by atoms with E-state index in [0.29, 0.717) is 28.4 Å². The van der Waals surface area contributed by atoms with Gasteiger partial charge in [0.25, 0.3) is 5.91 Å². The predicted molar refractivity (Wildman–Crippen MR) is 88.2 cm³/mol. The van der Waals surface area contributed by atoms with Crippen LogP contribution in [0.5, 0.6) is 11.5 Å². The normalized spacial score (nSPS) is 9.87. The van der Waals surface area contributed by atoms with E-state index >= 15 is 0 Å². The number of amides is 2. The van der Waals surface area contributed by atoms with E-state index in [1.165, 1.54) is 14.0 Å². The van der Waals surface area contributed by atoms with E-state index in [4.69, 9.17) is 9.47 Å². The number of hydrogen-bond acceptors (Lipinski definition) is 4. The lowest BCUT2D eigenvalue weighted by Crippen LogP contribution is -2.13. The van der Waals surface area contributed by atoms with Gasteiger partial charge in [0.2, 0.25) is 5.91 Å². The summed E-state index contributed by atoms with van der Waals surface area (Å²) in [5.41, 5.74) is 1.48. The fourth-order valence-corrected chi connectivity index (χ4v) is 2.05. The lowest BCUT2D eigenvalue weighted by molar-refractivity contribution is -0.114. The second-order valence-electron chi connectivity index (χ2n) is 4.78. The fraction of sp³-hybridized carbons (Fsp3) is 0.176. The highest BCUT2D eigenvalue weighted by Gasteiger charge is 2.11. The zero-order valence-corrected chi connectivity index (χ0v) is 13.2. The summed E-state index contributed by atoms with van der Waals surface area (Å²) in [5.74, 6) is 0.617. The van der Waals surface area contributed by atoms with Gasteiger partial charge in [0.15, 0.2) is 0 Å². The number of carbonyl (C=O) groups is 2. The Bertz CT molecular complexity index is 728. The van der Waals surface area contributed by atoms with Crippen LogP contribution in [0, 0.1) is 0 Å². The summed E-state index contributed by atoms with van der Waals surface area (Å²) < 4.78 is 10.4. The summed E-state index contributed by atoms with van der Waals surface area (Å²) in [6.45, 7) is 1.41. The first-order valence-electron chi connectivity index (χ1n) is 6.94. The number of carbonyl (C=O) groups excluding carboxylic acids is 2. The Morgan fingerprint density at radius 3 is 2.39 bits per heavy atom. The smallest absolute Gasteiger partial charge is 0.255 e. The molecule has 2 aromatic carbocycles. The quantitative estimate of drug-likeness (QED) is 0.889. The van der Waals surface area contributed by atoms with Crippen molar-refractivity contribution in [1.82, 2.24) is 0 Å². The van der Waals surface area contributed by atoms with Gasteiger partial charge in [-0.05, 0) is 30.3 Å². The van der Waals surface area contributed by atoms with Crippen molar-refractivity contribution in [2.24, 2.45) is 0 Å². The van der Waals surface area contributed by atoms with Crippen LogP contribution in [0.4, 0.5) is 11.4 Å². The van der Waals surface area contributed by atoms with Crippen LogP contribution in [-0.4, -0.2) is 26.0 Å².